The Morgan fingerprint density at radius 2 is 1.85 bits per heavy atom. The van der Waals surface area contributed by atoms with Gasteiger partial charge < -0.3 is 0 Å². The van der Waals surface area contributed by atoms with E-state index in [1.807, 2.05) is 0 Å². The maximum absolute atomic E-state index is 12.5. The van der Waals surface area contributed by atoms with E-state index in [0.717, 1.165) is 12.1 Å². The second-order valence-corrected chi connectivity index (χ2v) is 5.42. The Hall–Kier alpha value is -0.560. The van der Waals surface area contributed by atoms with Gasteiger partial charge >= 0.3 is 6.18 Å². The van der Waals surface area contributed by atoms with E-state index in [4.69, 9.17) is 46.4 Å². The Morgan fingerprint density at radius 1 is 1.25 bits per heavy atom. The van der Waals surface area contributed by atoms with Crippen LogP contribution in [0.4, 0.5) is 18.9 Å². The van der Waals surface area contributed by atoms with Crippen LogP contribution in [-0.2, 0) is 11.0 Å². The van der Waals surface area contributed by atoms with Gasteiger partial charge in [-0.1, -0.05) is 34.8 Å². The molecule has 0 amide bonds. The van der Waals surface area contributed by atoms with Crippen LogP contribution >= 0.6 is 46.4 Å². The van der Waals surface area contributed by atoms with Gasteiger partial charge in [-0.25, -0.2) is 0 Å². The van der Waals surface area contributed by atoms with Crippen LogP contribution in [0.25, 0.3) is 0 Å². The zero-order valence-corrected chi connectivity index (χ0v) is 12.4. The first-order chi connectivity index (χ1) is 9.08. The fourth-order valence-corrected chi connectivity index (χ4v) is 1.71. The lowest BCUT2D eigenvalue weighted by molar-refractivity contribution is -0.137. The van der Waals surface area contributed by atoms with E-state index in [0.29, 0.717) is 6.07 Å². The van der Waals surface area contributed by atoms with Crippen molar-refractivity contribution in [1.82, 2.24) is 0 Å². The zero-order valence-electron chi connectivity index (χ0n) is 9.39. The minimum Gasteiger partial charge on any atom is -0.293 e. The first-order valence-corrected chi connectivity index (χ1v) is 6.51. The summed E-state index contributed by atoms with van der Waals surface area (Å²) in [6.45, 7) is 0. The number of hydrogen-bond acceptors (Lipinski definition) is 3. The Morgan fingerprint density at radius 3 is 2.35 bits per heavy atom. The number of carbonyl (C=O) groups is 1. The normalized spacial score (nSPS) is 12.9. The van der Waals surface area contributed by atoms with Gasteiger partial charge in [0.1, 0.15) is 5.69 Å². The molecule has 0 N–H and O–H groups in total. The maximum atomic E-state index is 12.5. The summed E-state index contributed by atoms with van der Waals surface area (Å²) < 4.78 is 35.3. The van der Waals surface area contributed by atoms with E-state index >= 15 is 0 Å². The van der Waals surface area contributed by atoms with Gasteiger partial charge in [0.05, 0.1) is 16.5 Å². The number of ketones is 1. The number of halogens is 7. The van der Waals surface area contributed by atoms with Crippen LogP contribution in [0.1, 0.15) is 5.56 Å². The first-order valence-electron chi connectivity index (χ1n) is 4.84. The van der Waals surface area contributed by atoms with Crippen molar-refractivity contribution in [2.75, 3.05) is 5.88 Å². The SMILES string of the molecule is O=C(CCl)C(Cl)(Cl)N=Nc1cc(C(F)(F)F)ccc1Cl. The molecule has 0 unspecified atom stereocenters. The molecule has 0 spiro atoms. The second-order valence-electron chi connectivity index (χ2n) is 3.46. The highest BCUT2D eigenvalue weighted by Gasteiger charge is 2.33. The largest absolute Gasteiger partial charge is 0.416 e. The molecular weight excluding hydrogens is 363 g/mol. The molecule has 0 saturated carbocycles. The smallest absolute Gasteiger partial charge is 0.293 e. The fraction of sp³-hybridized carbons (Fsp3) is 0.300. The summed E-state index contributed by atoms with van der Waals surface area (Å²) in [6.07, 6.45) is -4.57. The lowest BCUT2D eigenvalue weighted by Gasteiger charge is -2.10. The van der Waals surface area contributed by atoms with Crippen molar-refractivity contribution in [3.05, 3.63) is 28.8 Å². The molecule has 0 atom stereocenters. The average molecular weight is 368 g/mol. The lowest BCUT2D eigenvalue weighted by Crippen LogP contribution is -2.24. The summed E-state index contributed by atoms with van der Waals surface area (Å²) in [7, 11) is 0. The van der Waals surface area contributed by atoms with Crippen LogP contribution in [0, 0.1) is 0 Å². The Kier molecular flexibility index (Phi) is 5.66. The minimum atomic E-state index is -4.57. The highest BCUT2D eigenvalue weighted by Crippen LogP contribution is 2.36. The molecule has 10 heteroatoms. The summed E-state index contributed by atoms with van der Waals surface area (Å²) in [5, 5.41) is 6.51. The second kappa shape index (κ2) is 6.47. The third kappa shape index (κ3) is 4.48. The Bertz CT molecular complexity index is 546. The summed E-state index contributed by atoms with van der Waals surface area (Å²) in [6, 6.07) is 2.42. The van der Waals surface area contributed by atoms with Crippen molar-refractivity contribution in [3.8, 4) is 0 Å². The van der Waals surface area contributed by atoms with E-state index in [9.17, 15) is 18.0 Å². The zero-order chi connectivity index (χ0) is 15.6. The van der Waals surface area contributed by atoms with Crippen molar-refractivity contribution in [1.29, 1.82) is 0 Å². The molecule has 0 radical (unpaired) electrons. The minimum absolute atomic E-state index is 0.107. The predicted molar refractivity (Wildman–Crippen MR) is 71.1 cm³/mol. The van der Waals surface area contributed by atoms with Gasteiger partial charge in [0.2, 0.25) is 5.78 Å². The van der Waals surface area contributed by atoms with Crippen molar-refractivity contribution in [2.45, 2.75) is 10.6 Å². The van der Waals surface area contributed by atoms with Gasteiger partial charge in [-0.2, -0.15) is 18.3 Å². The molecule has 0 heterocycles. The van der Waals surface area contributed by atoms with Gasteiger partial charge in [-0.3, -0.25) is 4.79 Å². The van der Waals surface area contributed by atoms with Crippen molar-refractivity contribution >= 4 is 57.9 Å². The standard InChI is InChI=1S/C10H5Cl4F3N2O/c11-4-8(20)9(13,14)19-18-7-3-5(10(15,16)17)1-2-6(7)12/h1-3H,4H2. The third-order valence-electron chi connectivity index (χ3n) is 2.01. The van der Waals surface area contributed by atoms with E-state index < -0.39 is 27.9 Å². The van der Waals surface area contributed by atoms with E-state index in [2.05, 4.69) is 10.2 Å². The van der Waals surface area contributed by atoms with Crippen molar-refractivity contribution < 1.29 is 18.0 Å². The molecule has 0 aliphatic rings. The average Bonchev–Trinajstić information content (AvgIpc) is 2.35. The number of Topliss-reactive ketones (excluding diaryl/α,β-unsaturated/α-hetero) is 1. The lowest BCUT2D eigenvalue weighted by atomic mass is 10.2. The first kappa shape index (κ1) is 17.5. The molecule has 0 fully saturated rings. The number of carbonyl (C=O) groups excluding carboxylic acids is 1. The summed E-state index contributed by atoms with van der Waals surface area (Å²) in [4.78, 5) is 11.2. The van der Waals surface area contributed by atoms with Gasteiger partial charge in [0.25, 0.3) is 4.46 Å². The monoisotopic (exact) mass is 366 g/mol. The molecule has 1 aromatic rings. The van der Waals surface area contributed by atoms with E-state index in [1.165, 1.54) is 0 Å². The molecule has 1 rings (SSSR count). The van der Waals surface area contributed by atoms with Crippen LogP contribution < -0.4 is 0 Å². The quantitative estimate of drug-likeness (QED) is 0.400. The van der Waals surface area contributed by atoms with Gasteiger partial charge in [-0.15, -0.1) is 16.7 Å². The highest BCUT2D eigenvalue weighted by molar-refractivity contribution is 6.60. The van der Waals surface area contributed by atoms with Gasteiger partial charge in [0.15, 0.2) is 0 Å². The fourth-order valence-electron chi connectivity index (χ4n) is 1.02. The van der Waals surface area contributed by atoms with Crippen LogP contribution in [0.15, 0.2) is 28.4 Å². The molecule has 0 bridgehead atoms. The highest BCUT2D eigenvalue weighted by atomic mass is 35.5. The number of nitrogens with zero attached hydrogens (tertiary/aromatic N) is 2. The molecule has 0 aromatic heterocycles. The molecule has 0 saturated heterocycles. The number of alkyl halides is 6. The summed E-state index contributed by atoms with van der Waals surface area (Å²) >= 11 is 22.0. The van der Waals surface area contributed by atoms with Crippen LogP contribution in [0.2, 0.25) is 5.02 Å². The van der Waals surface area contributed by atoms with E-state index in [-0.39, 0.29) is 10.7 Å². The maximum Gasteiger partial charge on any atom is 0.416 e. The number of hydrogen-bond donors (Lipinski definition) is 0. The summed E-state index contributed by atoms with van der Waals surface area (Å²) in [5.41, 5.74) is -1.30. The molecule has 0 aliphatic heterocycles. The number of azo groups is 1. The topological polar surface area (TPSA) is 41.8 Å². The predicted octanol–water partition coefficient (Wildman–Crippen LogP) is 5.38. The molecule has 110 valence electrons. The molecular formula is C10H5Cl4F3N2O. The number of benzene rings is 1. The van der Waals surface area contributed by atoms with Crippen LogP contribution in [-0.4, -0.2) is 16.1 Å². The molecule has 1 aromatic carbocycles. The van der Waals surface area contributed by atoms with Crippen molar-refractivity contribution in [2.24, 2.45) is 10.2 Å². The number of rotatable bonds is 4. The van der Waals surface area contributed by atoms with Crippen LogP contribution in [0.3, 0.4) is 0 Å². The third-order valence-corrected chi connectivity index (χ3v) is 3.15. The Balaban J connectivity index is 3.12. The molecule has 3 nitrogen and oxygen atoms in total. The van der Waals surface area contributed by atoms with Gasteiger partial charge in [0, 0.05) is 0 Å². The van der Waals surface area contributed by atoms with Crippen molar-refractivity contribution in [3.63, 3.8) is 0 Å². The van der Waals surface area contributed by atoms with E-state index in [1.54, 1.807) is 0 Å². The van der Waals surface area contributed by atoms with Gasteiger partial charge in [-0.05, 0) is 18.2 Å². The van der Waals surface area contributed by atoms with Crippen LogP contribution in [0.5, 0.6) is 0 Å². The Labute approximate surface area is 131 Å². The molecule has 20 heavy (non-hydrogen) atoms. The summed E-state index contributed by atoms with van der Waals surface area (Å²) in [5.74, 6) is -1.39. The molecule has 0 aliphatic carbocycles.